The third-order valence-corrected chi connectivity index (χ3v) is 6.95. The molecule has 0 unspecified atom stereocenters. The fourth-order valence-electron chi connectivity index (χ4n) is 2.98. The maximum atomic E-state index is 13.2. The van der Waals surface area contributed by atoms with Gasteiger partial charge in [-0.2, -0.15) is 0 Å². The summed E-state index contributed by atoms with van der Waals surface area (Å²) in [4.78, 5) is 33.5. The number of benzene rings is 2. The van der Waals surface area contributed by atoms with E-state index in [0.717, 1.165) is 25.7 Å². The van der Waals surface area contributed by atoms with Gasteiger partial charge in [0.1, 0.15) is 17.2 Å². The molecule has 6 nitrogen and oxygen atoms in total. The molecule has 9 heteroatoms. The molecule has 0 saturated carbocycles. The second-order valence-electron chi connectivity index (χ2n) is 7.02. The van der Waals surface area contributed by atoms with Crippen LogP contribution in [0.15, 0.2) is 66.0 Å². The fourth-order valence-corrected chi connectivity index (χ4v) is 5.07. The molecule has 0 aliphatic carbocycles. The second kappa shape index (κ2) is 9.46. The number of hydrogen-bond donors (Lipinski definition) is 2. The Morgan fingerprint density at radius 2 is 1.66 bits per heavy atom. The topological polar surface area (TPSA) is 84.0 Å². The molecule has 0 saturated heterocycles. The first-order valence-corrected chi connectivity index (χ1v) is 11.4. The lowest BCUT2D eigenvalue weighted by Gasteiger charge is -2.12. The third kappa shape index (κ3) is 5.12. The van der Waals surface area contributed by atoms with Gasteiger partial charge in [-0.15, -0.1) is 11.3 Å². The highest BCUT2D eigenvalue weighted by Crippen LogP contribution is 2.38. The van der Waals surface area contributed by atoms with Crippen LogP contribution in [0.2, 0.25) is 0 Å². The normalized spacial score (nSPS) is 11.8. The summed E-state index contributed by atoms with van der Waals surface area (Å²) in [6, 6.07) is 15.2. The molecular formula is C23H19FN4O2S2. The highest BCUT2D eigenvalue weighted by Gasteiger charge is 2.19. The third-order valence-electron chi connectivity index (χ3n) is 4.54. The van der Waals surface area contributed by atoms with E-state index in [1.54, 1.807) is 36.4 Å². The summed E-state index contributed by atoms with van der Waals surface area (Å²) in [5.74, 6) is -0.598. The molecule has 0 radical (unpaired) electrons. The quantitative estimate of drug-likeness (QED) is 0.286. The van der Waals surface area contributed by atoms with E-state index in [2.05, 4.69) is 20.6 Å². The number of halogens is 1. The molecule has 4 aromatic rings. The minimum atomic E-state index is -0.403. The Kier molecular flexibility index (Phi) is 6.48. The average Bonchev–Trinajstić information content (AvgIpc) is 3.20. The van der Waals surface area contributed by atoms with Crippen molar-refractivity contribution in [2.45, 2.75) is 24.1 Å². The lowest BCUT2D eigenvalue weighted by Crippen LogP contribution is -2.22. The van der Waals surface area contributed by atoms with Crippen molar-refractivity contribution < 1.29 is 14.0 Å². The predicted octanol–water partition coefficient (Wildman–Crippen LogP) is 5.58. The number of fused-ring (bicyclic) bond motifs is 1. The van der Waals surface area contributed by atoms with Crippen molar-refractivity contribution in [3.05, 3.63) is 66.7 Å². The Labute approximate surface area is 192 Å². The molecule has 2 amide bonds. The van der Waals surface area contributed by atoms with Gasteiger partial charge in [0.2, 0.25) is 11.8 Å². The van der Waals surface area contributed by atoms with Crippen molar-refractivity contribution in [3.63, 3.8) is 0 Å². The summed E-state index contributed by atoms with van der Waals surface area (Å²) < 4.78 is 14.1. The summed E-state index contributed by atoms with van der Waals surface area (Å²) in [7, 11) is 0. The smallest absolute Gasteiger partial charge is 0.237 e. The maximum Gasteiger partial charge on any atom is 0.237 e. The first-order chi connectivity index (χ1) is 15.4. The van der Waals surface area contributed by atoms with Crippen molar-refractivity contribution in [1.29, 1.82) is 0 Å². The number of thioether (sulfide) groups is 1. The summed E-state index contributed by atoms with van der Waals surface area (Å²) >= 11 is 2.87. The maximum absolute atomic E-state index is 13.2. The van der Waals surface area contributed by atoms with Crippen LogP contribution in [0.4, 0.5) is 15.8 Å². The minimum absolute atomic E-state index is 0.154. The van der Waals surface area contributed by atoms with E-state index in [-0.39, 0.29) is 17.6 Å². The SMILES string of the molecule is CC(=O)Nc1ccc(NC(=O)[C@@H](C)Sc2ncnc3cc(-c4ccc(F)cc4)sc23)cc1. The number of nitrogens with one attached hydrogen (secondary N) is 2. The van der Waals surface area contributed by atoms with Gasteiger partial charge in [0, 0.05) is 23.2 Å². The van der Waals surface area contributed by atoms with Crippen LogP contribution in [0.25, 0.3) is 20.7 Å². The number of carbonyl (C=O) groups excluding carboxylic acids is 2. The summed E-state index contributed by atoms with van der Waals surface area (Å²) in [6.07, 6.45) is 1.48. The lowest BCUT2D eigenvalue weighted by molar-refractivity contribution is -0.115. The zero-order valence-electron chi connectivity index (χ0n) is 17.3. The Balaban J connectivity index is 1.48. The van der Waals surface area contributed by atoms with Gasteiger partial charge in [0.05, 0.1) is 15.5 Å². The van der Waals surface area contributed by atoms with E-state index in [1.165, 1.54) is 48.5 Å². The van der Waals surface area contributed by atoms with E-state index in [9.17, 15) is 14.0 Å². The Bertz CT molecular complexity index is 1270. The first-order valence-electron chi connectivity index (χ1n) is 9.75. The van der Waals surface area contributed by atoms with Crippen molar-refractivity contribution in [2.75, 3.05) is 10.6 Å². The van der Waals surface area contributed by atoms with Crippen LogP contribution in [-0.2, 0) is 9.59 Å². The van der Waals surface area contributed by atoms with Gasteiger partial charge in [0.15, 0.2) is 0 Å². The van der Waals surface area contributed by atoms with E-state index < -0.39 is 5.25 Å². The molecule has 162 valence electrons. The molecule has 1 atom stereocenters. The number of rotatable bonds is 6. The van der Waals surface area contributed by atoms with Crippen LogP contribution in [0.3, 0.4) is 0 Å². The van der Waals surface area contributed by atoms with Crippen LogP contribution < -0.4 is 10.6 Å². The molecule has 2 heterocycles. The fraction of sp³-hybridized carbons (Fsp3) is 0.130. The summed E-state index contributed by atoms with van der Waals surface area (Å²) in [5.41, 5.74) is 2.99. The molecule has 0 aliphatic heterocycles. The largest absolute Gasteiger partial charge is 0.326 e. The van der Waals surface area contributed by atoms with Crippen molar-refractivity contribution in [1.82, 2.24) is 9.97 Å². The lowest BCUT2D eigenvalue weighted by atomic mass is 10.2. The van der Waals surface area contributed by atoms with Crippen LogP contribution in [0.5, 0.6) is 0 Å². The molecule has 0 bridgehead atoms. The number of carbonyl (C=O) groups is 2. The second-order valence-corrected chi connectivity index (χ2v) is 9.40. The van der Waals surface area contributed by atoms with Crippen LogP contribution in [-0.4, -0.2) is 27.0 Å². The molecule has 0 spiro atoms. The number of amides is 2. The molecule has 2 N–H and O–H groups in total. The Morgan fingerprint density at radius 3 is 2.31 bits per heavy atom. The number of nitrogens with zero attached hydrogens (tertiary/aromatic N) is 2. The minimum Gasteiger partial charge on any atom is -0.326 e. The van der Waals surface area contributed by atoms with Crippen LogP contribution in [0.1, 0.15) is 13.8 Å². The number of aromatic nitrogens is 2. The highest BCUT2D eigenvalue weighted by molar-refractivity contribution is 8.00. The first kappa shape index (κ1) is 21.9. The van der Waals surface area contributed by atoms with Gasteiger partial charge in [-0.3, -0.25) is 9.59 Å². The Morgan fingerprint density at radius 1 is 1.00 bits per heavy atom. The van der Waals surface area contributed by atoms with Crippen molar-refractivity contribution in [2.24, 2.45) is 0 Å². The van der Waals surface area contributed by atoms with Gasteiger partial charge in [0.25, 0.3) is 0 Å². The summed E-state index contributed by atoms with van der Waals surface area (Å²) in [6.45, 7) is 3.25. The molecule has 2 aromatic heterocycles. The highest BCUT2D eigenvalue weighted by atomic mass is 32.2. The standard InChI is InChI=1S/C23H19FN4O2S2/c1-13(22(30)28-18-9-7-17(8-10-18)27-14(2)29)31-23-21-19(25-12-26-23)11-20(32-21)15-3-5-16(24)6-4-15/h3-13H,1-2H3,(H,27,29)(H,28,30)/t13-/m1/s1. The van der Waals surface area contributed by atoms with E-state index in [1.807, 2.05) is 13.0 Å². The van der Waals surface area contributed by atoms with Crippen molar-refractivity contribution in [3.8, 4) is 10.4 Å². The van der Waals surface area contributed by atoms with Crippen LogP contribution >= 0.6 is 23.1 Å². The average molecular weight is 467 g/mol. The zero-order chi connectivity index (χ0) is 22.7. The molecule has 0 aliphatic rings. The van der Waals surface area contributed by atoms with Crippen LogP contribution in [0, 0.1) is 5.82 Å². The molecule has 4 rings (SSSR count). The van der Waals surface area contributed by atoms with E-state index in [4.69, 9.17) is 0 Å². The molecule has 2 aromatic carbocycles. The van der Waals surface area contributed by atoms with Gasteiger partial charge in [-0.1, -0.05) is 23.9 Å². The van der Waals surface area contributed by atoms with Gasteiger partial charge in [-0.25, -0.2) is 14.4 Å². The van der Waals surface area contributed by atoms with Crippen molar-refractivity contribution >= 4 is 56.5 Å². The number of hydrogen-bond acceptors (Lipinski definition) is 6. The molecular weight excluding hydrogens is 447 g/mol. The zero-order valence-corrected chi connectivity index (χ0v) is 18.9. The number of anilines is 2. The molecule has 0 fully saturated rings. The van der Waals surface area contributed by atoms with Gasteiger partial charge in [-0.05, 0) is 55.0 Å². The summed E-state index contributed by atoms with van der Waals surface area (Å²) in [5, 5.41) is 5.88. The monoisotopic (exact) mass is 466 g/mol. The number of thiophene rings is 1. The Hall–Kier alpha value is -3.30. The predicted molar refractivity (Wildman–Crippen MR) is 128 cm³/mol. The van der Waals surface area contributed by atoms with E-state index >= 15 is 0 Å². The molecule has 32 heavy (non-hydrogen) atoms. The van der Waals surface area contributed by atoms with E-state index in [0.29, 0.717) is 11.4 Å². The van der Waals surface area contributed by atoms with Gasteiger partial charge < -0.3 is 10.6 Å². The van der Waals surface area contributed by atoms with Gasteiger partial charge >= 0.3 is 0 Å².